The van der Waals surface area contributed by atoms with Crippen molar-refractivity contribution >= 4 is 43.0 Å². The first-order chi connectivity index (χ1) is 24.3. The standard InChI is InChI=1S/C39H42N2O8S2/c1-4-31(27-38-40(32-15-7-5-8-16-32,25-23-29(2)50(42,43)44)34-19-11-13-21-36(34)48-38)28-39-41(33-17-9-6-10-18-33,26-24-30(3)51(45,46)47)35-20-12-14-22-37(35)49-39/h5-22,27-30,38H,4,23-26H2,1-3H3/p+2. The highest BCUT2D eigenvalue weighted by atomic mass is 32.2. The van der Waals surface area contributed by atoms with Crippen LogP contribution in [0.3, 0.4) is 0 Å². The second kappa shape index (κ2) is 14.4. The third kappa shape index (κ3) is 6.99. The molecule has 2 N–H and O–H groups in total. The molecule has 2 aliphatic heterocycles. The predicted octanol–water partition coefficient (Wildman–Crippen LogP) is 8.29. The summed E-state index contributed by atoms with van der Waals surface area (Å²) in [6.07, 6.45) is 4.30. The summed E-state index contributed by atoms with van der Waals surface area (Å²) in [4.78, 5) is 0. The summed E-state index contributed by atoms with van der Waals surface area (Å²) in [5.41, 5.74) is 4.34. The number of quaternary nitrogens is 2. The van der Waals surface area contributed by atoms with Gasteiger partial charge in [0.05, 0.1) is 23.6 Å². The molecule has 10 nitrogen and oxygen atoms in total. The number of fused-ring (bicyclic) bond motifs is 2. The molecule has 0 radical (unpaired) electrons. The predicted molar refractivity (Wildman–Crippen MR) is 201 cm³/mol. The third-order valence-electron chi connectivity index (χ3n) is 10.1. The second-order valence-electron chi connectivity index (χ2n) is 13.1. The van der Waals surface area contributed by atoms with Gasteiger partial charge in [0.1, 0.15) is 11.4 Å². The summed E-state index contributed by atoms with van der Waals surface area (Å²) < 4.78 is 82.1. The van der Waals surface area contributed by atoms with Crippen LogP contribution < -0.4 is 18.4 Å². The minimum Gasteiger partial charge on any atom is -0.432 e. The van der Waals surface area contributed by atoms with Crippen molar-refractivity contribution in [3.63, 3.8) is 0 Å². The van der Waals surface area contributed by atoms with Crippen LogP contribution in [0.15, 0.2) is 133 Å². The maximum absolute atomic E-state index is 12.2. The maximum atomic E-state index is 12.2. The fraction of sp³-hybridized carbons (Fsp3) is 0.282. The van der Waals surface area contributed by atoms with Crippen LogP contribution in [0.5, 0.6) is 11.5 Å². The van der Waals surface area contributed by atoms with Gasteiger partial charge in [0.25, 0.3) is 26.5 Å². The van der Waals surface area contributed by atoms with Crippen LogP contribution >= 0.6 is 0 Å². The van der Waals surface area contributed by atoms with E-state index in [9.17, 15) is 25.9 Å². The lowest BCUT2D eigenvalue weighted by Gasteiger charge is -2.37. The molecule has 6 rings (SSSR count). The average Bonchev–Trinajstić information content (AvgIpc) is 3.61. The van der Waals surface area contributed by atoms with Crippen LogP contribution in [0.4, 0.5) is 22.7 Å². The number of hydrogen-bond donors (Lipinski definition) is 2. The number of benzene rings is 4. The van der Waals surface area contributed by atoms with E-state index in [1.807, 2.05) is 128 Å². The molecular formula is C39H44N2O8S2+2. The van der Waals surface area contributed by atoms with E-state index in [0.717, 1.165) is 28.3 Å². The Morgan fingerprint density at radius 2 is 1.22 bits per heavy atom. The largest absolute Gasteiger partial charge is 0.432 e. The molecule has 0 spiro atoms. The number of rotatable bonds is 13. The van der Waals surface area contributed by atoms with Crippen molar-refractivity contribution in [3.8, 4) is 11.5 Å². The number of ether oxygens (including phenoxy) is 2. The zero-order valence-electron chi connectivity index (χ0n) is 28.9. The average molecular weight is 733 g/mol. The lowest BCUT2D eigenvalue weighted by molar-refractivity contribution is 0.150. The van der Waals surface area contributed by atoms with Gasteiger partial charge < -0.3 is 9.47 Å². The van der Waals surface area contributed by atoms with Crippen LogP contribution in [0, 0.1) is 0 Å². The van der Waals surface area contributed by atoms with Gasteiger partial charge in [0, 0.05) is 49.3 Å². The molecule has 5 unspecified atom stereocenters. The summed E-state index contributed by atoms with van der Waals surface area (Å²) in [7, 11) is -8.56. The zero-order valence-corrected chi connectivity index (χ0v) is 30.5. The molecule has 0 bridgehead atoms. The quantitative estimate of drug-likeness (QED) is 0.104. The molecule has 12 heteroatoms. The van der Waals surface area contributed by atoms with Gasteiger partial charge in [0.2, 0.25) is 0 Å². The van der Waals surface area contributed by atoms with E-state index >= 15 is 0 Å². The van der Waals surface area contributed by atoms with Crippen LogP contribution in [-0.4, -0.2) is 55.8 Å². The molecule has 0 aromatic heterocycles. The zero-order chi connectivity index (χ0) is 36.4. The smallest absolute Gasteiger partial charge is 0.307 e. The second-order valence-corrected chi connectivity index (χ2v) is 16.8. The highest BCUT2D eigenvalue weighted by Gasteiger charge is 2.51. The Hall–Kier alpha value is -4.30. The fourth-order valence-electron chi connectivity index (χ4n) is 7.05. The number of hydrogen-bond acceptors (Lipinski definition) is 6. The minimum absolute atomic E-state index is 0.0878. The number of nitrogens with zero attached hydrogens (tertiary/aromatic N) is 2. The number of allylic oxidation sites excluding steroid dienone is 2. The van der Waals surface area contributed by atoms with Crippen molar-refractivity contribution in [2.24, 2.45) is 0 Å². The summed E-state index contributed by atoms with van der Waals surface area (Å²) in [6.45, 7) is 5.64. The molecule has 0 saturated heterocycles. The Bertz CT molecular complexity index is 2160. The summed E-state index contributed by atoms with van der Waals surface area (Å²) in [5, 5.41) is -2.01. The molecule has 51 heavy (non-hydrogen) atoms. The summed E-state index contributed by atoms with van der Waals surface area (Å²) >= 11 is 0. The first-order valence-corrected chi connectivity index (χ1v) is 20.1. The van der Waals surface area contributed by atoms with Crippen molar-refractivity contribution in [1.82, 2.24) is 8.97 Å². The monoisotopic (exact) mass is 732 g/mol. The Morgan fingerprint density at radius 3 is 1.80 bits per heavy atom. The van der Waals surface area contributed by atoms with E-state index in [-0.39, 0.29) is 28.4 Å². The normalized spacial score (nSPS) is 23.6. The van der Waals surface area contributed by atoms with Crippen molar-refractivity contribution in [3.05, 3.63) is 133 Å². The number of para-hydroxylation sites is 6. The van der Waals surface area contributed by atoms with E-state index in [2.05, 4.69) is 0 Å². The van der Waals surface area contributed by atoms with Gasteiger partial charge in [-0.05, 0) is 50.1 Å². The molecule has 4 aromatic rings. The van der Waals surface area contributed by atoms with E-state index in [1.54, 1.807) is 0 Å². The Labute approximate surface area is 300 Å². The molecule has 0 aliphatic carbocycles. The molecule has 268 valence electrons. The van der Waals surface area contributed by atoms with Gasteiger partial charge in [-0.1, -0.05) is 67.6 Å². The molecule has 4 aromatic carbocycles. The lowest BCUT2D eigenvalue weighted by Crippen LogP contribution is -2.52. The van der Waals surface area contributed by atoms with Gasteiger partial charge in [0.15, 0.2) is 22.9 Å². The van der Waals surface area contributed by atoms with E-state index in [1.165, 1.54) is 13.8 Å². The van der Waals surface area contributed by atoms with E-state index in [4.69, 9.17) is 9.47 Å². The van der Waals surface area contributed by atoms with Crippen molar-refractivity contribution < 1.29 is 35.4 Å². The Morgan fingerprint density at radius 1 is 0.706 bits per heavy atom. The van der Waals surface area contributed by atoms with Gasteiger partial charge in [-0.2, -0.15) is 21.3 Å². The van der Waals surface area contributed by atoms with Crippen LogP contribution in [0.25, 0.3) is 0 Å². The van der Waals surface area contributed by atoms with Crippen molar-refractivity contribution in [2.75, 3.05) is 13.1 Å². The molecule has 0 saturated carbocycles. The van der Waals surface area contributed by atoms with Gasteiger partial charge in [-0.3, -0.25) is 9.11 Å². The van der Waals surface area contributed by atoms with Gasteiger partial charge >= 0.3 is 5.88 Å². The highest BCUT2D eigenvalue weighted by molar-refractivity contribution is 7.86. The van der Waals surface area contributed by atoms with Gasteiger partial charge in [-0.15, -0.1) is 0 Å². The highest BCUT2D eigenvalue weighted by Crippen LogP contribution is 2.53. The van der Waals surface area contributed by atoms with Crippen molar-refractivity contribution in [2.45, 2.75) is 56.8 Å². The molecule has 2 heterocycles. The third-order valence-corrected chi connectivity index (χ3v) is 12.6. The first kappa shape index (κ1) is 36.5. The van der Waals surface area contributed by atoms with E-state index in [0.29, 0.717) is 30.3 Å². The summed E-state index contributed by atoms with van der Waals surface area (Å²) in [5.74, 6) is 1.87. The molecule has 0 amide bonds. The first-order valence-electron chi connectivity index (χ1n) is 17.1. The van der Waals surface area contributed by atoms with E-state index < -0.39 is 37.0 Å². The molecular weight excluding hydrogens is 689 g/mol. The van der Waals surface area contributed by atoms with Crippen LogP contribution in [0.2, 0.25) is 0 Å². The Balaban J connectivity index is 1.52. The summed E-state index contributed by atoms with van der Waals surface area (Å²) in [6, 6.07) is 34.9. The molecule has 5 atom stereocenters. The Kier molecular flexibility index (Phi) is 10.3. The van der Waals surface area contributed by atoms with Crippen molar-refractivity contribution in [1.29, 1.82) is 0 Å². The minimum atomic E-state index is -4.28. The van der Waals surface area contributed by atoms with Crippen LogP contribution in [-0.2, 0) is 20.2 Å². The maximum Gasteiger partial charge on any atom is 0.307 e. The van der Waals surface area contributed by atoms with Gasteiger partial charge in [-0.25, -0.2) is 4.48 Å². The molecule has 0 fully saturated rings. The lowest BCUT2D eigenvalue weighted by atomic mass is 10.1. The molecule has 2 aliphatic rings. The van der Waals surface area contributed by atoms with Crippen LogP contribution in [0.1, 0.15) is 40.0 Å². The topological polar surface area (TPSA) is 127 Å². The fourth-order valence-corrected chi connectivity index (χ4v) is 7.85. The SMILES string of the molecule is CCC(=CC1Oc2ccccc2[N+]1(CCC(C)S(=O)(=O)O)c1ccccc1)C=C1Oc2ccccc2[N+]1(CCC(C)S(=O)(=O)O)c1ccccc1.